The summed E-state index contributed by atoms with van der Waals surface area (Å²) in [6.07, 6.45) is 0.0594. The maximum atomic E-state index is 12.1. The van der Waals surface area contributed by atoms with Crippen LogP contribution in [0.25, 0.3) is 0 Å². The van der Waals surface area contributed by atoms with Gasteiger partial charge in [-0.2, -0.15) is 0 Å². The average molecular weight is 295 g/mol. The molecule has 1 rings (SSSR count). The van der Waals surface area contributed by atoms with Gasteiger partial charge in [-0.25, -0.2) is 0 Å². The van der Waals surface area contributed by atoms with Gasteiger partial charge >= 0.3 is 5.97 Å². The Kier molecular flexibility index (Phi) is 6.02. The zero-order valence-corrected chi connectivity index (χ0v) is 12.7. The fourth-order valence-corrected chi connectivity index (χ4v) is 1.91. The van der Waals surface area contributed by atoms with Gasteiger partial charge in [0.15, 0.2) is 0 Å². The van der Waals surface area contributed by atoms with E-state index in [9.17, 15) is 9.59 Å². The van der Waals surface area contributed by atoms with Gasteiger partial charge < -0.3 is 19.9 Å². The van der Waals surface area contributed by atoms with Crippen LogP contribution in [0.1, 0.15) is 19.4 Å². The van der Waals surface area contributed by atoms with Gasteiger partial charge in [-0.15, -0.1) is 0 Å². The van der Waals surface area contributed by atoms with Crippen LogP contribution in [0.4, 0.5) is 0 Å². The molecule has 0 spiro atoms. The lowest BCUT2D eigenvalue weighted by atomic mass is 10.0. The Morgan fingerprint density at radius 2 is 1.71 bits per heavy atom. The van der Waals surface area contributed by atoms with Crippen molar-refractivity contribution in [2.24, 2.45) is 5.92 Å². The molecule has 0 aromatic heterocycles. The van der Waals surface area contributed by atoms with Crippen LogP contribution in [0, 0.1) is 5.92 Å². The van der Waals surface area contributed by atoms with E-state index in [2.05, 4.69) is 5.32 Å². The maximum Gasteiger partial charge on any atom is 0.308 e. The fourth-order valence-electron chi connectivity index (χ4n) is 1.91. The van der Waals surface area contributed by atoms with E-state index >= 15 is 0 Å². The van der Waals surface area contributed by atoms with Crippen molar-refractivity contribution in [2.45, 2.75) is 26.3 Å². The van der Waals surface area contributed by atoms with Crippen molar-refractivity contribution in [3.63, 3.8) is 0 Å². The van der Waals surface area contributed by atoms with Gasteiger partial charge in [0.1, 0.15) is 11.5 Å². The number of amides is 1. The van der Waals surface area contributed by atoms with Gasteiger partial charge in [-0.3, -0.25) is 9.59 Å². The monoisotopic (exact) mass is 295 g/mol. The van der Waals surface area contributed by atoms with Crippen molar-refractivity contribution < 1.29 is 24.2 Å². The summed E-state index contributed by atoms with van der Waals surface area (Å²) < 4.78 is 10.5. The number of carbonyl (C=O) groups is 2. The highest BCUT2D eigenvalue weighted by Gasteiger charge is 2.22. The largest absolute Gasteiger partial charge is 0.496 e. The Hall–Kier alpha value is -2.24. The highest BCUT2D eigenvalue weighted by molar-refractivity contribution is 5.81. The third-order valence-electron chi connectivity index (χ3n) is 3.40. The molecule has 0 heterocycles. The van der Waals surface area contributed by atoms with E-state index in [1.54, 1.807) is 32.0 Å². The second-order valence-corrected chi connectivity index (χ2v) is 4.80. The third-order valence-corrected chi connectivity index (χ3v) is 3.40. The zero-order chi connectivity index (χ0) is 16.0. The Morgan fingerprint density at radius 3 is 2.14 bits per heavy atom. The van der Waals surface area contributed by atoms with E-state index in [4.69, 9.17) is 14.6 Å². The Morgan fingerprint density at radius 1 is 1.19 bits per heavy atom. The van der Waals surface area contributed by atoms with E-state index < -0.39 is 17.9 Å². The molecule has 1 amide bonds. The van der Waals surface area contributed by atoms with Gasteiger partial charge in [0.25, 0.3) is 0 Å². The number of aliphatic carboxylic acids is 1. The average Bonchev–Trinajstić information content (AvgIpc) is 2.46. The van der Waals surface area contributed by atoms with Gasteiger partial charge in [0, 0.05) is 11.6 Å². The molecule has 2 unspecified atom stereocenters. The summed E-state index contributed by atoms with van der Waals surface area (Å²) in [6, 6.07) is 4.80. The lowest BCUT2D eigenvalue weighted by molar-refractivity contribution is -0.142. The van der Waals surface area contributed by atoms with Crippen molar-refractivity contribution in [2.75, 3.05) is 14.2 Å². The number of ether oxygens (including phenoxy) is 2. The first-order chi connectivity index (χ1) is 9.90. The number of hydrogen-bond acceptors (Lipinski definition) is 4. The molecule has 2 atom stereocenters. The van der Waals surface area contributed by atoms with Crippen LogP contribution in [-0.2, 0) is 16.0 Å². The van der Waals surface area contributed by atoms with Crippen molar-refractivity contribution in [3.8, 4) is 11.5 Å². The summed E-state index contributed by atoms with van der Waals surface area (Å²) in [6.45, 7) is 3.22. The molecule has 21 heavy (non-hydrogen) atoms. The van der Waals surface area contributed by atoms with Crippen LogP contribution in [0.5, 0.6) is 11.5 Å². The summed E-state index contributed by atoms with van der Waals surface area (Å²) in [5.74, 6) is -0.767. The van der Waals surface area contributed by atoms with Crippen molar-refractivity contribution in [3.05, 3.63) is 23.8 Å². The normalized spacial score (nSPS) is 13.1. The van der Waals surface area contributed by atoms with Gasteiger partial charge in [0.05, 0.1) is 26.6 Å². The molecule has 6 nitrogen and oxygen atoms in total. The number of methoxy groups -OCH3 is 2. The molecule has 0 aliphatic rings. The molecule has 6 heteroatoms. The first kappa shape index (κ1) is 16.8. The Balaban J connectivity index is 2.82. The minimum Gasteiger partial charge on any atom is -0.496 e. The first-order valence-electron chi connectivity index (χ1n) is 6.62. The standard InChI is InChI=1S/C15H21NO5/c1-9(15(18)19)10(2)16-14(17)8-11-12(20-3)6-5-7-13(11)21-4/h5-7,9-10H,8H2,1-4H3,(H,16,17)(H,18,19). The number of hydrogen-bond donors (Lipinski definition) is 2. The molecule has 2 N–H and O–H groups in total. The van der Waals surface area contributed by atoms with E-state index in [-0.39, 0.29) is 12.3 Å². The molecule has 0 fully saturated rings. The fraction of sp³-hybridized carbons (Fsp3) is 0.467. The van der Waals surface area contributed by atoms with E-state index in [1.807, 2.05) is 0 Å². The molecule has 116 valence electrons. The Labute approximate surface area is 124 Å². The molecule has 0 aliphatic heterocycles. The smallest absolute Gasteiger partial charge is 0.308 e. The Bertz CT molecular complexity index is 493. The number of carboxylic acids is 1. The minimum atomic E-state index is -0.947. The summed E-state index contributed by atoms with van der Waals surface area (Å²) in [7, 11) is 3.04. The topological polar surface area (TPSA) is 84.9 Å². The quantitative estimate of drug-likeness (QED) is 0.795. The van der Waals surface area contributed by atoms with E-state index in [1.165, 1.54) is 14.2 Å². The van der Waals surface area contributed by atoms with Crippen LogP contribution < -0.4 is 14.8 Å². The maximum absolute atomic E-state index is 12.1. The molecule has 0 saturated carbocycles. The zero-order valence-electron chi connectivity index (χ0n) is 12.7. The van der Waals surface area contributed by atoms with Crippen molar-refractivity contribution in [1.29, 1.82) is 0 Å². The summed E-state index contributed by atoms with van der Waals surface area (Å²) in [5, 5.41) is 11.6. The summed E-state index contributed by atoms with van der Waals surface area (Å²) in [5.41, 5.74) is 0.634. The minimum absolute atomic E-state index is 0.0594. The predicted molar refractivity (Wildman–Crippen MR) is 77.7 cm³/mol. The van der Waals surface area contributed by atoms with Crippen LogP contribution >= 0.6 is 0 Å². The first-order valence-corrected chi connectivity index (χ1v) is 6.62. The molecule has 1 aromatic rings. The molecule has 0 aliphatic carbocycles. The number of benzene rings is 1. The lowest BCUT2D eigenvalue weighted by Gasteiger charge is -2.19. The molecule has 0 radical (unpaired) electrons. The molecule has 0 saturated heterocycles. The van der Waals surface area contributed by atoms with Crippen LogP contribution in [0.15, 0.2) is 18.2 Å². The van der Waals surface area contributed by atoms with E-state index in [0.29, 0.717) is 17.1 Å². The van der Waals surface area contributed by atoms with Crippen LogP contribution in [0.2, 0.25) is 0 Å². The molecule has 1 aromatic carbocycles. The molecular formula is C15H21NO5. The van der Waals surface area contributed by atoms with Gasteiger partial charge in [-0.1, -0.05) is 6.07 Å². The van der Waals surface area contributed by atoms with Crippen LogP contribution in [-0.4, -0.2) is 37.2 Å². The molecular weight excluding hydrogens is 274 g/mol. The second kappa shape index (κ2) is 7.52. The third kappa shape index (κ3) is 4.37. The van der Waals surface area contributed by atoms with Crippen molar-refractivity contribution >= 4 is 11.9 Å². The summed E-state index contributed by atoms with van der Waals surface area (Å²) >= 11 is 0. The number of carbonyl (C=O) groups excluding carboxylic acids is 1. The predicted octanol–water partition coefficient (Wildman–Crippen LogP) is 1.47. The number of carboxylic acid groups (broad SMARTS) is 1. The number of rotatable bonds is 7. The highest BCUT2D eigenvalue weighted by atomic mass is 16.5. The second-order valence-electron chi connectivity index (χ2n) is 4.80. The van der Waals surface area contributed by atoms with E-state index in [0.717, 1.165) is 0 Å². The van der Waals surface area contributed by atoms with Gasteiger partial charge in [0.2, 0.25) is 5.91 Å². The summed E-state index contributed by atoms with van der Waals surface area (Å²) in [4.78, 5) is 23.0. The SMILES string of the molecule is COc1cccc(OC)c1CC(=O)NC(C)C(C)C(=O)O. The van der Waals surface area contributed by atoms with Gasteiger partial charge in [-0.05, 0) is 26.0 Å². The lowest BCUT2D eigenvalue weighted by Crippen LogP contribution is -2.40. The van der Waals surface area contributed by atoms with Crippen molar-refractivity contribution in [1.82, 2.24) is 5.32 Å². The number of nitrogens with one attached hydrogen (secondary N) is 1. The highest BCUT2D eigenvalue weighted by Crippen LogP contribution is 2.28. The van der Waals surface area contributed by atoms with Crippen LogP contribution in [0.3, 0.4) is 0 Å². The molecule has 0 bridgehead atoms.